The Morgan fingerprint density at radius 1 is 1.39 bits per heavy atom. The molecule has 1 atom stereocenters. The van der Waals surface area contributed by atoms with Crippen molar-refractivity contribution in [2.24, 2.45) is 5.92 Å². The van der Waals surface area contributed by atoms with Gasteiger partial charge in [-0.3, -0.25) is 14.4 Å². The predicted octanol–water partition coefficient (Wildman–Crippen LogP) is 2.07. The zero-order valence-corrected chi connectivity index (χ0v) is 14.0. The summed E-state index contributed by atoms with van der Waals surface area (Å²) >= 11 is 1.74. The van der Waals surface area contributed by atoms with Crippen LogP contribution in [0, 0.1) is 5.92 Å². The summed E-state index contributed by atoms with van der Waals surface area (Å²) in [6.45, 7) is 3.49. The maximum atomic E-state index is 12.6. The van der Waals surface area contributed by atoms with E-state index in [1.165, 1.54) is 17.7 Å². The molecular weight excluding hydrogens is 308 g/mol. The Kier molecular flexibility index (Phi) is 4.18. The van der Waals surface area contributed by atoms with Gasteiger partial charge in [-0.15, -0.1) is 11.3 Å². The molecule has 0 unspecified atom stereocenters. The molecule has 23 heavy (non-hydrogen) atoms. The summed E-state index contributed by atoms with van der Waals surface area (Å²) in [6.07, 6.45) is 5.39. The molecule has 0 saturated heterocycles. The third-order valence-corrected chi connectivity index (χ3v) is 5.57. The van der Waals surface area contributed by atoms with Gasteiger partial charge in [-0.05, 0) is 42.7 Å². The van der Waals surface area contributed by atoms with Crippen LogP contribution in [0.4, 0.5) is 0 Å². The first-order valence-electron chi connectivity index (χ1n) is 8.34. The highest BCUT2D eigenvalue weighted by Crippen LogP contribution is 2.32. The number of hydrogen-bond acceptors (Lipinski definition) is 4. The van der Waals surface area contributed by atoms with Crippen LogP contribution in [0.2, 0.25) is 0 Å². The molecule has 0 aromatic carbocycles. The van der Waals surface area contributed by atoms with Crippen molar-refractivity contribution in [3.8, 4) is 0 Å². The van der Waals surface area contributed by atoms with Crippen LogP contribution in [-0.4, -0.2) is 40.2 Å². The fraction of sp³-hybridized carbons (Fsp3) is 0.529. The molecule has 5 nitrogen and oxygen atoms in total. The van der Waals surface area contributed by atoms with E-state index in [-0.39, 0.29) is 11.9 Å². The van der Waals surface area contributed by atoms with E-state index in [1.54, 1.807) is 11.3 Å². The second-order valence-electron chi connectivity index (χ2n) is 6.54. The number of aromatic nitrogens is 2. The zero-order valence-electron chi connectivity index (χ0n) is 13.1. The van der Waals surface area contributed by atoms with E-state index >= 15 is 0 Å². The maximum absolute atomic E-state index is 12.6. The summed E-state index contributed by atoms with van der Waals surface area (Å²) in [6, 6.07) is 6.00. The molecule has 6 heteroatoms. The number of amides is 1. The number of hydrogen-bond donors (Lipinski definition) is 1. The molecule has 0 radical (unpaired) electrons. The quantitative estimate of drug-likeness (QED) is 0.882. The van der Waals surface area contributed by atoms with Gasteiger partial charge in [-0.2, -0.15) is 5.10 Å². The highest BCUT2D eigenvalue weighted by Gasteiger charge is 2.33. The van der Waals surface area contributed by atoms with Crippen LogP contribution < -0.4 is 5.32 Å². The molecule has 122 valence electrons. The number of nitrogens with zero attached hydrogens (tertiary/aromatic N) is 3. The molecule has 3 heterocycles. The summed E-state index contributed by atoms with van der Waals surface area (Å²) in [5.74, 6) is 0.930. The first-order valence-corrected chi connectivity index (χ1v) is 9.22. The van der Waals surface area contributed by atoms with E-state index in [2.05, 4.69) is 32.8 Å². The number of rotatable bonds is 6. The summed E-state index contributed by atoms with van der Waals surface area (Å²) in [7, 11) is 0. The molecule has 1 aliphatic carbocycles. The lowest BCUT2D eigenvalue weighted by Crippen LogP contribution is -2.45. The van der Waals surface area contributed by atoms with E-state index in [0.717, 1.165) is 37.7 Å². The lowest BCUT2D eigenvalue weighted by Gasteiger charge is -2.33. The van der Waals surface area contributed by atoms with Crippen molar-refractivity contribution in [1.82, 2.24) is 20.0 Å². The van der Waals surface area contributed by atoms with Crippen LogP contribution in [0.1, 0.15) is 29.5 Å². The number of carbonyl (C=O) groups excluding carboxylic acids is 1. The predicted molar refractivity (Wildman–Crippen MR) is 90.3 cm³/mol. The van der Waals surface area contributed by atoms with E-state index in [4.69, 9.17) is 0 Å². The average molecular weight is 330 g/mol. The van der Waals surface area contributed by atoms with Crippen molar-refractivity contribution >= 4 is 17.2 Å². The Morgan fingerprint density at radius 2 is 2.30 bits per heavy atom. The SMILES string of the molecule is O=C(NCCc1cccs1)[C@@H]1CN(CC2CC2)Cc2ccnn21. The summed E-state index contributed by atoms with van der Waals surface area (Å²) in [4.78, 5) is 16.4. The Bertz CT molecular complexity index is 662. The Morgan fingerprint density at radius 3 is 3.09 bits per heavy atom. The van der Waals surface area contributed by atoms with Crippen molar-refractivity contribution in [1.29, 1.82) is 0 Å². The fourth-order valence-electron chi connectivity index (χ4n) is 3.24. The van der Waals surface area contributed by atoms with Gasteiger partial charge < -0.3 is 5.32 Å². The highest BCUT2D eigenvalue weighted by molar-refractivity contribution is 7.09. The Labute approximate surface area is 140 Å². The molecule has 0 bridgehead atoms. The van der Waals surface area contributed by atoms with Crippen molar-refractivity contribution < 1.29 is 4.79 Å². The minimum absolute atomic E-state index is 0.0898. The number of thiophene rings is 1. The van der Waals surface area contributed by atoms with E-state index in [0.29, 0.717) is 6.54 Å². The lowest BCUT2D eigenvalue weighted by molar-refractivity contribution is -0.126. The molecule has 0 spiro atoms. The summed E-state index contributed by atoms with van der Waals surface area (Å²) in [5.41, 5.74) is 1.15. The van der Waals surface area contributed by atoms with Gasteiger partial charge in [0, 0.05) is 37.3 Å². The van der Waals surface area contributed by atoms with Gasteiger partial charge >= 0.3 is 0 Å². The van der Waals surface area contributed by atoms with Crippen molar-refractivity contribution in [2.75, 3.05) is 19.6 Å². The van der Waals surface area contributed by atoms with E-state index in [9.17, 15) is 4.79 Å². The lowest BCUT2D eigenvalue weighted by atomic mass is 10.1. The van der Waals surface area contributed by atoms with Gasteiger partial charge in [-0.1, -0.05) is 6.07 Å². The molecule has 1 fully saturated rings. The van der Waals surface area contributed by atoms with Gasteiger partial charge in [0.05, 0.1) is 5.69 Å². The van der Waals surface area contributed by atoms with Crippen LogP contribution in [0.25, 0.3) is 0 Å². The average Bonchev–Trinajstić information content (AvgIpc) is 3.03. The minimum atomic E-state index is -0.198. The van der Waals surface area contributed by atoms with Crippen molar-refractivity contribution in [3.05, 3.63) is 40.3 Å². The second kappa shape index (κ2) is 6.45. The second-order valence-corrected chi connectivity index (χ2v) is 7.57. The topological polar surface area (TPSA) is 50.2 Å². The molecule has 1 amide bonds. The Hall–Kier alpha value is -1.66. The minimum Gasteiger partial charge on any atom is -0.354 e. The van der Waals surface area contributed by atoms with Crippen LogP contribution >= 0.6 is 11.3 Å². The zero-order chi connectivity index (χ0) is 15.6. The first kappa shape index (κ1) is 14.9. The van der Waals surface area contributed by atoms with Crippen LogP contribution in [0.3, 0.4) is 0 Å². The standard InChI is InChI=1S/C17H22N4OS/c22-17(18-7-6-15-2-1-9-23-15)16-12-20(10-13-3-4-13)11-14-5-8-19-21(14)16/h1-2,5,8-9,13,16H,3-4,6-7,10-12H2,(H,18,22)/t16-/m0/s1. The molecule has 1 N–H and O–H groups in total. The summed E-state index contributed by atoms with van der Waals surface area (Å²) in [5, 5.41) is 9.54. The molecule has 1 aliphatic heterocycles. The van der Waals surface area contributed by atoms with Crippen LogP contribution in [-0.2, 0) is 17.8 Å². The number of fused-ring (bicyclic) bond motifs is 1. The molecule has 4 rings (SSSR count). The first-order chi connectivity index (χ1) is 11.3. The van der Waals surface area contributed by atoms with Crippen molar-refractivity contribution in [2.45, 2.75) is 31.8 Å². The van der Waals surface area contributed by atoms with E-state index < -0.39 is 0 Å². The fourth-order valence-corrected chi connectivity index (χ4v) is 3.95. The smallest absolute Gasteiger partial charge is 0.246 e. The van der Waals surface area contributed by atoms with Gasteiger partial charge in [-0.25, -0.2) is 0 Å². The molecular formula is C17H22N4OS. The van der Waals surface area contributed by atoms with Crippen molar-refractivity contribution in [3.63, 3.8) is 0 Å². The molecule has 1 saturated carbocycles. The largest absolute Gasteiger partial charge is 0.354 e. The third kappa shape index (κ3) is 3.48. The monoisotopic (exact) mass is 330 g/mol. The summed E-state index contributed by atoms with van der Waals surface area (Å²) < 4.78 is 1.91. The number of nitrogens with one attached hydrogen (secondary N) is 1. The molecule has 2 aromatic rings. The Balaban J connectivity index is 1.38. The van der Waals surface area contributed by atoms with E-state index in [1.807, 2.05) is 16.9 Å². The molecule has 2 aromatic heterocycles. The molecule has 2 aliphatic rings. The number of carbonyl (C=O) groups is 1. The van der Waals surface area contributed by atoms with Gasteiger partial charge in [0.25, 0.3) is 0 Å². The van der Waals surface area contributed by atoms with Gasteiger partial charge in [0.2, 0.25) is 5.91 Å². The van der Waals surface area contributed by atoms with Crippen LogP contribution in [0.15, 0.2) is 29.8 Å². The maximum Gasteiger partial charge on any atom is 0.246 e. The third-order valence-electron chi connectivity index (χ3n) is 4.63. The normalized spacial score (nSPS) is 21.1. The van der Waals surface area contributed by atoms with Gasteiger partial charge in [0.15, 0.2) is 0 Å². The van der Waals surface area contributed by atoms with Gasteiger partial charge in [0.1, 0.15) is 6.04 Å². The highest BCUT2D eigenvalue weighted by atomic mass is 32.1. The van der Waals surface area contributed by atoms with Crippen LogP contribution in [0.5, 0.6) is 0 Å².